The van der Waals surface area contributed by atoms with Crippen molar-refractivity contribution >= 4 is 33.3 Å². The molecule has 0 aliphatic carbocycles. The second-order valence-corrected chi connectivity index (χ2v) is 4.73. The average molecular weight is 330 g/mol. The van der Waals surface area contributed by atoms with Crippen molar-refractivity contribution in [3.8, 4) is 11.6 Å². The van der Waals surface area contributed by atoms with Crippen molar-refractivity contribution in [2.24, 2.45) is 5.84 Å². The molecule has 0 atom stereocenters. The van der Waals surface area contributed by atoms with Crippen LogP contribution in [0.4, 0.5) is 5.82 Å². The monoisotopic (exact) mass is 328 g/mol. The van der Waals surface area contributed by atoms with Gasteiger partial charge in [-0.15, -0.1) is 0 Å². The van der Waals surface area contributed by atoms with E-state index in [1.54, 1.807) is 12.1 Å². The number of nitrogens with zero attached hydrogens (tertiary/aromatic N) is 2. The summed E-state index contributed by atoms with van der Waals surface area (Å²) in [5.41, 5.74) is 3.36. The van der Waals surface area contributed by atoms with Crippen molar-refractivity contribution < 1.29 is 4.74 Å². The molecule has 0 aliphatic heterocycles. The van der Waals surface area contributed by atoms with Crippen LogP contribution in [-0.2, 0) is 0 Å². The summed E-state index contributed by atoms with van der Waals surface area (Å²) in [6, 6.07) is 5.34. The van der Waals surface area contributed by atoms with Crippen LogP contribution in [-0.4, -0.2) is 9.97 Å². The number of nitrogen functional groups attached to an aromatic ring is 1. The fourth-order valence-corrected chi connectivity index (χ4v) is 1.98. The topological polar surface area (TPSA) is 73.1 Å². The first-order valence-electron chi connectivity index (χ1n) is 5.03. The standard InChI is InChI=1S/C11H10BrClN4O/c1-6-4-7(13)2-3-8(6)18-11-9(12)10(17-14)15-5-16-11/h2-5H,14H2,1H3,(H,15,16,17). The van der Waals surface area contributed by atoms with Gasteiger partial charge in [-0.2, -0.15) is 0 Å². The van der Waals surface area contributed by atoms with Crippen LogP contribution in [0, 0.1) is 6.92 Å². The van der Waals surface area contributed by atoms with Gasteiger partial charge in [0, 0.05) is 5.02 Å². The Kier molecular flexibility index (Phi) is 4.00. The van der Waals surface area contributed by atoms with E-state index in [1.165, 1.54) is 6.33 Å². The summed E-state index contributed by atoms with van der Waals surface area (Å²) < 4.78 is 6.24. The van der Waals surface area contributed by atoms with Crippen LogP contribution in [0.5, 0.6) is 11.6 Å². The summed E-state index contributed by atoms with van der Waals surface area (Å²) in [5, 5.41) is 0.658. The molecule has 0 saturated carbocycles. The van der Waals surface area contributed by atoms with Crippen molar-refractivity contribution in [1.82, 2.24) is 9.97 Å². The van der Waals surface area contributed by atoms with E-state index in [0.29, 0.717) is 26.9 Å². The summed E-state index contributed by atoms with van der Waals surface area (Å²) in [4.78, 5) is 7.98. The van der Waals surface area contributed by atoms with Crippen LogP contribution in [0.15, 0.2) is 29.0 Å². The normalized spacial score (nSPS) is 10.2. The maximum absolute atomic E-state index is 5.88. The van der Waals surface area contributed by atoms with Gasteiger partial charge >= 0.3 is 0 Å². The third kappa shape index (κ3) is 2.72. The first kappa shape index (κ1) is 13.1. The molecule has 0 radical (unpaired) electrons. The van der Waals surface area contributed by atoms with Crippen molar-refractivity contribution in [2.45, 2.75) is 6.92 Å². The number of hydrazine groups is 1. The number of nitrogens with one attached hydrogen (secondary N) is 1. The Labute approximate surface area is 117 Å². The number of aromatic nitrogens is 2. The van der Waals surface area contributed by atoms with E-state index in [0.717, 1.165) is 5.56 Å². The molecule has 1 heterocycles. The van der Waals surface area contributed by atoms with E-state index in [9.17, 15) is 0 Å². The number of aryl methyl sites for hydroxylation is 1. The predicted octanol–water partition coefficient (Wildman–Crippen LogP) is 3.28. The number of benzene rings is 1. The van der Waals surface area contributed by atoms with Gasteiger partial charge in [-0.05, 0) is 46.6 Å². The minimum atomic E-state index is 0.378. The lowest BCUT2D eigenvalue weighted by Crippen LogP contribution is -2.10. The molecular weight excluding hydrogens is 320 g/mol. The first-order valence-corrected chi connectivity index (χ1v) is 6.20. The summed E-state index contributed by atoms with van der Waals surface area (Å²) in [7, 11) is 0. The van der Waals surface area contributed by atoms with Gasteiger partial charge in [0.25, 0.3) is 0 Å². The number of hydrogen-bond acceptors (Lipinski definition) is 5. The van der Waals surface area contributed by atoms with Gasteiger partial charge in [-0.1, -0.05) is 11.6 Å². The molecule has 1 aromatic heterocycles. The summed E-state index contributed by atoms with van der Waals surface area (Å²) >= 11 is 9.20. The quantitative estimate of drug-likeness (QED) is 0.668. The molecule has 18 heavy (non-hydrogen) atoms. The number of halogens is 2. The van der Waals surface area contributed by atoms with Crippen molar-refractivity contribution in [1.29, 1.82) is 0 Å². The fraction of sp³-hybridized carbons (Fsp3) is 0.0909. The highest BCUT2D eigenvalue weighted by Crippen LogP contribution is 2.33. The highest BCUT2D eigenvalue weighted by atomic mass is 79.9. The van der Waals surface area contributed by atoms with E-state index in [4.69, 9.17) is 22.2 Å². The summed E-state index contributed by atoms with van der Waals surface area (Å²) in [6.07, 6.45) is 1.36. The Bertz CT molecular complexity index is 579. The third-order valence-electron chi connectivity index (χ3n) is 2.24. The second kappa shape index (κ2) is 5.51. The fourth-order valence-electron chi connectivity index (χ4n) is 1.36. The van der Waals surface area contributed by atoms with Crippen molar-refractivity contribution in [3.05, 3.63) is 39.6 Å². The van der Waals surface area contributed by atoms with Crippen LogP contribution in [0.25, 0.3) is 0 Å². The van der Waals surface area contributed by atoms with Gasteiger partial charge in [-0.3, -0.25) is 0 Å². The highest BCUT2D eigenvalue weighted by molar-refractivity contribution is 9.10. The molecule has 0 fully saturated rings. The second-order valence-electron chi connectivity index (χ2n) is 3.50. The van der Waals surface area contributed by atoms with Gasteiger partial charge in [0.1, 0.15) is 16.5 Å². The Morgan fingerprint density at radius 2 is 2.17 bits per heavy atom. The van der Waals surface area contributed by atoms with Crippen LogP contribution in [0.1, 0.15) is 5.56 Å². The smallest absolute Gasteiger partial charge is 0.238 e. The number of anilines is 1. The Morgan fingerprint density at radius 3 is 2.83 bits per heavy atom. The maximum atomic E-state index is 5.88. The third-order valence-corrected chi connectivity index (χ3v) is 3.19. The van der Waals surface area contributed by atoms with Gasteiger partial charge in [-0.25, -0.2) is 15.8 Å². The van der Waals surface area contributed by atoms with Gasteiger partial charge in [0.05, 0.1) is 0 Å². The molecule has 0 unspecified atom stereocenters. The molecule has 7 heteroatoms. The van der Waals surface area contributed by atoms with E-state index < -0.39 is 0 Å². The highest BCUT2D eigenvalue weighted by Gasteiger charge is 2.11. The zero-order valence-corrected chi connectivity index (χ0v) is 11.8. The SMILES string of the molecule is Cc1cc(Cl)ccc1Oc1ncnc(NN)c1Br. The van der Waals surface area contributed by atoms with Gasteiger partial charge < -0.3 is 10.2 Å². The molecule has 1 aromatic carbocycles. The molecule has 0 aliphatic rings. The Hall–Kier alpha value is -1.37. The zero-order valence-electron chi connectivity index (χ0n) is 9.45. The molecule has 5 nitrogen and oxygen atoms in total. The summed E-state index contributed by atoms with van der Waals surface area (Å²) in [5.74, 6) is 6.82. The van der Waals surface area contributed by atoms with Gasteiger partial charge in [0.15, 0.2) is 5.82 Å². The van der Waals surface area contributed by atoms with Gasteiger partial charge in [0.2, 0.25) is 5.88 Å². The largest absolute Gasteiger partial charge is 0.437 e. The minimum absolute atomic E-state index is 0.378. The van der Waals surface area contributed by atoms with Crippen molar-refractivity contribution in [3.63, 3.8) is 0 Å². The number of ether oxygens (including phenoxy) is 1. The minimum Gasteiger partial charge on any atom is -0.437 e. The first-order chi connectivity index (χ1) is 8.61. The molecule has 2 aromatic rings. The molecule has 0 spiro atoms. The molecule has 94 valence electrons. The molecule has 2 rings (SSSR count). The maximum Gasteiger partial charge on any atom is 0.238 e. The lowest BCUT2D eigenvalue weighted by Gasteiger charge is -2.10. The Morgan fingerprint density at radius 1 is 1.39 bits per heavy atom. The average Bonchev–Trinajstić information content (AvgIpc) is 2.35. The molecule has 0 bridgehead atoms. The van der Waals surface area contributed by atoms with Crippen LogP contribution >= 0.6 is 27.5 Å². The van der Waals surface area contributed by atoms with Crippen LogP contribution in [0.2, 0.25) is 5.02 Å². The number of nitrogens with two attached hydrogens (primary N) is 1. The summed E-state index contributed by atoms with van der Waals surface area (Å²) in [6.45, 7) is 1.90. The number of hydrogen-bond donors (Lipinski definition) is 2. The molecular formula is C11H10BrClN4O. The van der Waals surface area contributed by atoms with E-state index in [2.05, 4.69) is 31.3 Å². The Balaban J connectivity index is 2.34. The number of rotatable bonds is 3. The zero-order chi connectivity index (χ0) is 13.1. The molecule has 0 amide bonds. The predicted molar refractivity (Wildman–Crippen MR) is 73.8 cm³/mol. The lowest BCUT2D eigenvalue weighted by molar-refractivity contribution is 0.455. The molecule has 3 N–H and O–H groups in total. The van der Waals surface area contributed by atoms with E-state index >= 15 is 0 Å². The van der Waals surface area contributed by atoms with Crippen LogP contribution < -0.4 is 16.0 Å². The van der Waals surface area contributed by atoms with E-state index in [-0.39, 0.29) is 0 Å². The molecule has 0 saturated heterocycles. The van der Waals surface area contributed by atoms with Crippen molar-refractivity contribution in [2.75, 3.05) is 5.43 Å². The van der Waals surface area contributed by atoms with E-state index in [1.807, 2.05) is 13.0 Å². The van der Waals surface area contributed by atoms with Crippen LogP contribution in [0.3, 0.4) is 0 Å². The lowest BCUT2D eigenvalue weighted by atomic mass is 10.2.